The number of unbranched alkanes of at least 4 members (excludes halogenated alkanes) is 2. The van der Waals surface area contributed by atoms with Gasteiger partial charge in [0, 0.05) is 31.2 Å². The van der Waals surface area contributed by atoms with E-state index in [-0.39, 0.29) is 11.9 Å². The third-order valence-electron chi connectivity index (χ3n) is 5.17. The van der Waals surface area contributed by atoms with Crippen LogP contribution in [-0.2, 0) is 4.74 Å². The molecule has 2 heterocycles. The Morgan fingerprint density at radius 3 is 3.04 bits per heavy atom. The van der Waals surface area contributed by atoms with E-state index in [0.29, 0.717) is 23.2 Å². The van der Waals surface area contributed by atoms with Gasteiger partial charge in [-0.25, -0.2) is 4.98 Å². The van der Waals surface area contributed by atoms with Crippen LogP contribution >= 0.6 is 0 Å². The van der Waals surface area contributed by atoms with E-state index in [1.807, 2.05) is 28.9 Å². The maximum Gasteiger partial charge on any atom is 0.255 e. The molecule has 0 radical (unpaired) electrons. The standard InChI is InChI=1S/C20H29N3O2/c1-3-4-5-13-25-18-9-8-16(14-15(18)2)22-20(24)17-7-6-11-23-12-10-21-19(17)23/h6-7,10-12,15-16,18H,3-5,8-9,13-14H2,1-2H3,(H,22,24)/t15-,16-,18-/m0/s1. The van der Waals surface area contributed by atoms with Crippen LogP contribution in [0, 0.1) is 5.92 Å². The number of carbonyl (C=O) groups excluding carboxylic acids is 1. The van der Waals surface area contributed by atoms with E-state index < -0.39 is 0 Å². The molecular formula is C20H29N3O2. The molecule has 5 heteroatoms. The second-order valence-corrected chi connectivity index (χ2v) is 7.16. The van der Waals surface area contributed by atoms with Crippen LogP contribution in [0.3, 0.4) is 0 Å². The van der Waals surface area contributed by atoms with Crippen molar-refractivity contribution in [2.45, 2.75) is 64.5 Å². The average Bonchev–Trinajstić information content (AvgIpc) is 3.09. The monoisotopic (exact) mass is 343 g/mol. The zero-order valence-corrected chi connectivity index (χ0v) is 15.3. The summed E-state index contributed by atoms with van der Waals surface area (Å²) < 4.78 is 7.93. The van der Waals surface area contributed by atoms with Crippen LogP contribution in [0.5, 0.6) is 0 Å². The van der Waals surface area contributed by atoms with Crippen LogP contribution in [0.15, 0.2) is 30.7 Å². The molecule has 5 nitrogen and oxygen atoms in total. The van der Waals surface area contributed by atoms with E-state index in [0.717, 1.165) is 32.3 Å². The fourth-order valence-electron chi connectivity index (χ4n) is 3.72. The van der Waals surface area contributed by atoms with Gasteiger partial charge in [0.15, 0.2) is 0 Å². The minimum atomic E-state index is -0.0312. The molecule has 3 atom stereocenters. The highest BCUT2D eigenvalue weighted by atomic mass is 16.5. The van der Waals surface area contributed by atoms with Gasteiger partial charge in [-0.3, -0.25) is 4.79 Å². The first-order chi connectivity index (χ1) is 12.2. The van der Waals surface area contributed by atoms with Crippen LogP contribution < -0.4 is 5.32 Å². The molecular weight excluding hydrogens is 314 g/mol. The number of nitrogens with zero attached hydrogens (tertiary/aromatic N) is 2. The zero-order valence-electron chi connectivity index (χ0n) is 15.3. The maximum absolute atomic E-state index is 12.7. The van der Waals surface area contributed by atoms with E-state index in [9.17, 15) is 4.79 Å². The Labute approximate surface area is 149 Å². The Balaban J connectivity index is 1.53. The highest BCUT2D eigenvalue weighted by Gasteiger charge is 2.29. The second kappa shape index (κ2) is 8.48. The summed E-state index contributed by atoms with van der Waals surface area (Å²) in [4.78, 5) is 17.0. The smallest absolute Gasteiger partial charge is 0.255 e. The number of aromatic nitrogens is 2. The number of hydrogen-bond acceptors (Lipinski definition) is 3. The quantitative estimate of drug-likeness (QED) is 0.777. The molecule has 136 valence electrons. The lowest BCUT2D eigenvalue weighted by molar-refractivity contribution is -0.0127. The molecule has 0 aromatic carbocycles. The van der Waals surface area contributed by atoms with Crippen molar-refractivity contribution < 1.29 is 9.53 Å². The fourth-order valence-corrected chi connectivity index (χ4v) is 3.72. The number of pyridine rings is 1. The number of fused-ring (bicyclic) bond motifs is 1. The molecule has 2 aromatic heterocycles. The Morgan fingerprint density at radius 2 is 2.24 bits per heavy atom. The van der Waals surface area contributed by atoms with Gasteiger partial charge < -0.3 is 14.5 Å². The molecule has 0 aliphatic heterocycles. The predicted octanol–water partition coefficient (Wildman–Crippen LogP) is 3.83. The lowest BCUT2D eigenvalue weighted by atomic mass is 9.84. The Morgan fingerprint density at radius 1 is 1.36 bits per heavy atom. The van der Waals surface area contributed by atoms with Gasteiger partial charge in [0.2, 0.25) is 0 Å². The first-order valence-corrected chi connectivity index (χ1v) is 9.53. The van der Waals surface area contributed by atoms with Gasteiger partial charge in [0.05, 0.1) is 11.7 Å². The zero-order chi connectivity index (χ0) is 17.6. The van der Waals surface area contributed by atoms with E-state index in [2.05, 4.69) is 24.1 Å². The molecule has 1 fully saturated rings. The summed E-state index contributed by atoms with van der Waals surface area (Å²) in [7, 11) is 0. The first kappa shape index (κ1) is 17.9. The van der Waals surface area contributed by atoms with Crippen LogP contribution in [-0.4, -0.2) is 34.0 Å². The molecule has 1 N–H and O–H groups in total. The van der Waals surface area contributed by atoms with Crippen molar-refractivity contribution in [3.05, 3.63) is 36.3 Å². The SMILES string of the molecule is CCCCCO[C@H]1CC[C@H](NC(=O)c2cccn3ccnc23)C[C@@H]1C. The molecule has 1 amide bonds. The summed E-state index contributed by atoms with van der Waals surface area (Å²) in [6.07, 6.45) is 12.4. The molecule has 1 saturated carbocycles. The highest BCUT2D eigenvalue weighted by Crippen LogP contribution is 2.27. The molecule has 1 aliphatic rings. The van der Waals surface area contributed by atoms with Crippen LogP contribution in [0.2, 0.25) is 0 Å². The van der Waals surface area contributed by atoms with E-state index in [1.54, 1.807) is 6.20 Å². The van der Waals surface area contributed by atoms with Crippen molar-refractivity contribution in [1.29, 1.82) is 0 Å². The molecule has 3 rings (SSSR count). The van der Waals surface area contributed by atoms with Crippen LogP contribution in [0.4, 0.5) is 0 Å². The number of imidazole rings is 1. The van der Waals surface area contributed by atoms with E-state index in [1.165, 1.54) is 12.8 Å². The number of ether oxygens (including phenoxy) is 1. The number of carbonyl (C=O) groups is 1. The lowest BCUT2D eigenvalue weighted by Gasteiger charge is -2.34. The molecule has 0 unspecified atom stereocenters. The van der Waals surface area contributed by atoms with Gasteiger partial charge in [-0.1, -0.05) is 26.7 Å². The number of rotatable bonds is 7. The van der Waals surface area contributed by atoms with Crippen molar-refractivity contribution in [3.8, 4) is 0 Å². The summed E-state index contributed by atoms with van der Waals surface area (Å²) >= 11 is 0. The van der Waals surface area contributed by atoms with E-state index >= 15 is 0 Å². The fraction of sp³-hybridized carbons (Fsp3) is 0.600. The summed E-state index contributed by atoms with van der Waals surface area (Å²) in [5.74, 6) is 0.444. The Kier molecular flexibility index (Phi) is 6.08. The van der Waals surface area contributed by atoms with Crippen molar-refractivity contribution in [1.82, 2.24) is 14.7 Å². The molecule has 1 aliphatic carbocycles. The lowest BCUT2D eigenvalue weighted by Crippen LogP contribution is -2.42. The second-order valence-electron chi connectivity index (χ2n) is 7.16. The summed E-state index contributed by atoms with van der Waals surface area (Å²) in [6, 6.07) is 3.94. The van der Waals surface area contributed by atoms with Gasteiger partial charge >= 0.3 is 0 Å². The number of amides is 1. The first-order valence-electron chi connectivity index (χ1n) is 9.53. The minimum absolute atomic E-state index is 0.0312. The minimum Gasteiger partial charge on any atom is -0.378 e. The van der Waals surface area contributed by atoms with E-state index in [4.69, 9.17) is 4.74 Å². The third-order valence-corrected chi connectivity index (χ3v) is 5.17. The van der Waals surface area contributed by atoms with Gasteiger partial charge in [-0.15, -0.1) is 0 Å². The van der Waals surface area contributed by atoms with Crippen molar-refractivity contribution >= 4 is 11.6 Å². The van der Waals surface area contributed by atoms with Crippen LogP contribution in [0.25, 0.3) is 5.65 Å². The third kappa shape index (κ3) is 4.40. The molecule has 25 heavy (non-hydrogen) atoms. The predicted molar refractivity (Wildman–Crippen MR) is 98.7 cm³/mol. The molecule has 0 saturated heterocycles. The molecule has 0 spiro atoms. The topological polar surface area (TPSA) is 55.6 Å². The van der Waals surface area contributed by atoms with Gasteiger partial charge in [0.1, 0.15) is 5.65 Å². The van der Waals surface area contributed by atoms with Gasteiger partial charge in [0.25, 0.3) is 5.91 Å². The van der Waals surface area contributed by atoms with Crippen molar-refractivity contribution in [3.63, 3.8) is 0 Å². The maximum atomic E-state index is 12.7. The molecule has 2 aromatic rings. The van der Waals surface area contributed by atoms with Gasteiger partial charge in [-0.2, -0.15) is 0 Å². The number of hydrogen-bond donors (Lipinski definition) is 1. The van der Waals surface area contributed by atoms with Crippen LogP contribution in [0.1, 0.15) is 62.7 Å². The Bertz CT molecular complexity index is 697. The summed E-state index contributed by atoms with van der Waals surface area (Å²) in [5, 5.41) is 3.20. The van der Waals surface area contributed by atoms with Crippen molar-refractivity contribution in [2.24, 2.45) is 5.92 Å². The summed E-state index contributed by atoms with van der Waals surface area (Å²) in [6.45, 7) is 5.31. The summed E-state index contributed by atoms with van der Waals surface area (Å²) in [5.41, 5.74) is 1.35. The normalized spacial score (nSPS) is 23.7. The Hall–Kier alpha value is -1.88. The number of nitrogens with one attached hydrogen (secondary N) is 1. The largest absolute Gasteiger partial charge is 0.378 e. The molecule has 0 bridgehead atoms. The average molecular weight is 343 g/mol. The van der Waals surface area contributed by atoms with Gasteiger partial charge in [-0.05, 0) is 43.7 Å². The highest BCUT2D eigenvalue weighted by molar-refractivity contribution is 5.99. The van der Waals surface area contributed by atoms with Crippen molar-refractivity contribution in [2.75, 3.05) is 6.61 Å².